The minimum Gasteiger partial charge on any atom is -0.327 e. The van der Waals surface area contributed by atoms with Crippen molar-refractivity contribution in [3.63, 3.8) is 0 Å². The summed E-state index contributed by atoms with van der Waals surface area (Å²) in [4.78, 5) is 16.9. The van der Waals surface area contributed by atoms with Crippen LogP contribution in [0.25, 0.3) is 0 Å². The highest BCUT2D eigenvalue weighted by Crippen LogP contribution is 2.22. The van der Waals surface area contributed by atoms with Crippen molar-refractivity contribution in [1.82, 2.24) is 4.98 Å². The van der Waals surface area contributed by atoms with E-state index in [9.17, 15) is 4.79 Å². The van der Waals surface area contributed by atoms with Gasteiger partial charge in [0.05, 0.1) is 0 Å². The number of thiazole rings is 1. The molecule has 0 bridgehead atoms. The average Bonchev–Trinajstić information content (AvgIpc) is 2.46. The summed E-state index contributed by atoms with van der Waals surface area (Å²) in [5.41, 5.74) is 6.09. The second-order valence-corrected chi connectivity index (χ2v) is 6.79. The number of nitrogens with two attached hydrogens (primary N) is 1. The Morgan fingerprint density at radius 1 is 1.59 bits per heavy atom. The van der Waals surface area contributed by atoms with Gasteiger partial charge in [-0.1, -0.05) is 20.8 Å². The van der Waals surface area contributed by atoms with Gasteiger partial charge in [0.2, 0.25) is 5.91 Å². The quantitative estimate of drug-likeness (QED) is 0.868. The molecule has 4 nitrogen and oxygen atoms in total. The van der Waals surface area contributed by atoms with Crippen LogP contribution in [0.2, 0.25) is 0 Å². The van der Waals surface area contributed by atoms with E-state index in [1.54, 1.807) is 6.20 Å². The van der Waals surface area contributed by atoms with Crippen LogP contribution in [-0.4, -0.2) is 16.9 Å². The van der Waals surface area contributed by atoms with Gasteiger partial charge in [0, 0.05) is 23.5 Å². The standard InChI is InChI=1S/C12H21N3OS/c1-8-7-14-11(17-8)15-10(16)5-9(13)6-12(2,3)4/h7,9H,5-6,13H2,1-4H3,(H,14,15,16). The monoisotopic (exact) mass is 255 g/mol. The van der Waals surface area contributed by atoms with Crippen LogP contribution in [0, 0.1) is 12.3 Å². The van der Waals surface area contributed by atoms with E-state index in [4.69, 9.17) is 5.73 Å². The zero-order chi connectivity index (χ0) is 13.1. The Labute approximate surface area is 107 Å². The van der Waals surface area contributed by atoms with Crippen molar-refractivity contribution in [1.29, 1.82) is 0 Å². The summed E-state index contributed by atoms with van der Waals surface area (Å²) in [6.45, 7) is 8.32. The number of hydrogen-bond acceptors (Lipinski definition) is 4. The number of carbonyl (C=O) groups excluding carboxylic acids is 1. The third-order valence-corrected chi connectivity index (χ3v) is 3.02. The maximum Gasteiger partial charge on any atom is 0.227 e. The highest BCUT2D eigenvalue weighted by atomic mass is 32.1. The van der Waals surface area contributed by atoms with Gasteiger partial charge in [-0.3, -0.25) is 4.79 Å². The lowest BCUT2D eigenvalue weighted by atomic mass is 9.87. The molecule has 1 atom stereocenters. The predicted molar refractivity (Wildman–Crippen MR) is 72.1 cm³/mol. The minimum atomic E-state index is -0.101. The molecule has 0 spiro atoms. The molecule has 0 aromatic carbocycles. The molecule has 1 unspecified atom stereocenters. The molecule has 0 radical (unpaired) electrons. The Morgan fingerprint density at radius 3 is 2.71 bits per heavy atom. The largest absolute Gasteiger partial charge is 0.327 e. The Hall–Kier alpha value is -0.940. The first kappa shape index (κ1) is 14.1. The van der Waals surface area contributed by atoms with E-state index in [1.165, 1.54) is 11.3 Å². The molecule has 0 aliphatic carbocycles. The van der Waals surface area contributed by atoms with Crippen molar-refractivity contribution < 1.29 is 4.79 Å². The zero-order valence-electron chi connectivity index (χ0n) is 10.9. The smallest absolute Gasteiger partial charge is 0.227 e. The number of amides is 1. The molecule has 0 aliphatic heterocycles. The summed E-state index contributed by atoms with van der Waals surface area (Å²) < 4.78 is 0. The number of hydrogen-bond donors (Lipinski definition) is 2. The molecule has 0 fully saturated rings. The number of aromatic nitrogens is 1. The molecule has 3 N–H and O–H groups in total. The van der Waals surface area contributed by atoms with Gasteiger partial charge in [-0.05, 0) is 18.8 Å². The fourth-order valence-electron chi connectivity index (χ4n) is 1.68. The van der Waals surface area contributed by atoms with Crippen LogP contribution < -0.4 is 11.1 Å². The van der Waals surface area contributed by atoms with Crippen LogP contribution in [0.5, 0.6) is 0 Å². The molecular weight excluding hydrogens is 234 g/mol. The lowest BCUT2D eigenvalue weighted by Gasteiger charge is -2.22. The molecule has 5 heteroatoms. The molecular formula is C12H21N3OS. The van der Waals surface area contributed by atoms with Crippen molar-refractivity contribution >= 4 is 22.4 Å². The Bertz CT molecular complexity index is 381. The van der Waals surface area contributed by atoms with E-state index < -0.39 is 0 Å². The summed E-state index contributed by atoms with van der Waals surface area (Å²) in [5, 5.41) is 3.42. The Balaban J connectivity index is 2.39. The van der Waals surface area contributed by atoms with Crippen LogP contribution in [0.1, 0.15) is 38.5 Å². The van der Waals surface area contributed by atoms with E-state index in [0.717, 1.165) is 11.3 Å². The average molecular weight is 255 g/mol. The molecule has 1 rings (SSSR count). The van der Waals surface area contributed by atoms with Crippen molar-refractivity contribution in [3.8, 4) is 0 Å². The highest BCUT2D eigenvalue weighted by molar-refractivity contribution is 7.15. The zero-order valence-corrected chi connectivity index (χ0v) is 11.7. The number of anilines is 1. The van der Waals surface area contributed by atoms with Crippen LogP contribution in [0.4, 0.5) is 5.13 Å². The van der Waals surface area contributed by atoms with Gasteiger partial charge < -0.3 is 11.1 Å². The molecule has 1 aromatic heterocycles. The number of nitrogens with zero attached hydrogens (tertiary/aromatic N) is 1. The Kier molecular flexibility index (Phi) is 4.65. The molecule has 1 aromatic rings. The molecule has 17 heavy (non-hydrogen) atoms. The topological polar surface area (TPSA) is 68.0 Å². The number of carbonyl (C=O) groups is 1. The SMILES string of the molecule is Cc1cnc(NC(=O)CC(N)CC(C)(C)C)s1. The van der Waals surface area contributed by atoms with Crippen LogP contribution in [-0.2, 0) is 4.79 Å². The van der Waals surface area contributed by atoms with Crippen molar-refractivity contribution in [2.45, 2.75) is 46.6 Å². The van der Waals surface area contributed by atoms with Gasteiger partial charge in [-0.15, -0.1) is 11.3 Å². The van der Waals surface area contributed by atoms with Gasteiger partial charge in [0.25, 0.3) is 0 Å². The summed E-state index contributed by atoms with van der Waals surface area (Å²) in [7, 11) is 0. The predicted octanol–water partition coefficient (Wildman–Crippen LogP) is 2.54. The number of rotatable bonds is 4. The fourth-order valence-corrected chi connectivity index (χ4v) is 2.36. The number of aryl methyl sites for hydroxylation is 1. The maximum absolute atomic E-state index is 11.7. The van der Waals surface area contributed by atoms with Gasteiger partial charge in [-0.25, -0.2) is 4.98 Å². The molecule has 1 amide bonds. The lowest BCUT2D eigenvalue weighted by molar-refractivity contribution is -0.116. The first-order valence-corrected chi connectivity index (χ1v) is 6.56. The first-order valence-electron chi connectivity index (χ1n) is 5.74. The second-order valence-electron chi connectivity index (χ2n) is 5.55. The van der Waals surface area contributed by atoms with E-state index >= 15 is 0 Å². The highest BCUT2D eigenvalue weighted by Gasteiger charge is 2.18. The van der Waals surface area contributed by atoms with Crippen LogP contribution >= 0.6 is 11.3 Å². The lowest BCUT2D eigenvalue weighted by Crippen LogP contribution is -2.31. The van der Waals surface area contributed by atoms with E-state index in [-0.39, 0.29) is 17.4 Å². The van der Waals surface area contributed by atoms with Gasteiger partial charge in [-0.2, -0.15) is 0 Å². The molecule has 0 saturated heterocycles. The van der Waals surface area contributed by atoms with E-state index in [2.05, 4.69) is 31.1 Å². The molecule has 96 valence electrons. The summed E-state index contributed by atoms with van der Waals surface area (Å²) in [6, 6.07) is -0.101. The molecule has 0 saturated carbocycles. The third-order valence-electron chi connectivity index (χ3n) is 2.19. The van der Waals surface area contributed by atoms with Gasteiger partial charge in [0.15, 0.2) is 5.13 Å². The normalized spacial score (nSPS) is 13.5. The summed E-state index contributed by atoms with van der Waals surface area (Å²) in [5.74, 6) is -0.0592. The molecule has 0 aliphatic rings. The van der Waals surface area contributed by atoms with E-state index in [0.29, 0.717) is 11.6 Å². The first-order chi connectivity index (χ1) is 7.76. The number of nitrogens with one attached hydrogen (secondary N) is 1. The molecule has 1 heterocycles. The summed E-state index contributed by atoms with van der Waals surface area (Å²) >= 11 is 1.47. The fraction of sp³-hybridized carbons (Fsp3) is 0.667. The van der Waals surface area contributed by atoms with Crippen LogP contribution in [0.3, 0.4) is 0 Å². The van der Waals surface area contributed by atoms with Crippen molar-refractivity contribution in [2.75, 3.05) is 5.32 Å². The van der Waals surface area contributed by atoms with E-state index in [1.807, 2.05) is 6.92 Å². The van der Waals surface area contributed by atoms with Crippen molar-refractivity contribution in [2.24, 2.45) is 11.1 Å². The second kappa shape index (κ2) is 5.60. The third kappa shape index (κ3) is 5.79. The summed E-state index contributed by atoms with van der Waals surface area (Å²) in [6.07, 6.45) is 2.92. The minimum absolute atomic E-state index is 0.0592. The Morgan fingerprint density at radius 2 is 2.24 bits per heavy atom. The van der Waals surface area contributed by atoms with Crippen LogP contribution in [0.15, 0.2) is 6.20 Å². The maximum atomic E-state index is 11.7. The van der Waals surface area contributed by atoms with Crippen molar-refractivity contribution in [3.05, 3.63) is 11.1 Å². The van der Waals surface area contributed by atoms with Gasteiger partial charge >= 0.3 is 0 Å². The van der Waals surface area contributed by atoms with Gasteiger partial charge in [0.1, 0.15) is 0 Å².